The van der Waals surface area contributed by atoms with E-state index in [1.54, 1.807) is 24.3 Å². The number of hydrogen-bond donors (Lipinski definition) is 0. The van der Waals surface area contributed by atoms with Crippen LogP contribution in [-0.2, 0) is 21.2 Å². The molecular weight excluding hydrogens is 410 g/mol. The molecule has 0 spiro atoms. The number of anilines is 1. The molecule has 6 heteroatoms. The molecule has 0 bridgehead atoms. The highest BCUT2D eigenvalue weighted by Gasteiger charge is 2.31. The topological polar surface area (TPSA) is 63.7 Å². The van der Waals surface area contributed by atoms with Crippen molar-refractivity contribution in [2.75, 3.05) is 10.9 Å². The Morgan fingerprint density at radius 1 is 0.839 bits per heavy atom. The smallest absolute Gasteiger partial charge is 0.278 e. The molecule has 0 unspecified atom stereocenters. The van der Waals surface area contributed by atoms with E-state index in [0.717, 1.165) is 33.0 Å². The minimum Gasteiger partial charge on any atom is -0.484 e. The first-order valence-electron chi connectivity index (χ1n) is 10.2. The Kier molecular flexibility index (Phi) is 6.81. The molecule has 0 fully saturated rings. The summed E-state index contributed by atoms with van der Waals surface area (Å²) in [7, 11) is -4.11. The van der Waals surface area contributed by atoms with Crippen molar-refractivity contribution in [3.05, 3.63) is 89.0 Å². The highest BCUT2D eigenvalue weighted by atomic mass is 32.2. The van der Waals surface area contributed by atoms with Gasteiger partial charge in [0, 0.05) is 0 Å². The van der Waals surface area contributed by atoms with Crippen LogP contribution in [0, 0.1) is 20.8 Å². The van der Waals surface area contributed by atoms with E-state index in [0.29, 0.717) is 5.75 Å². The van der Waals surface area contributed by atoms with Crippen LogP contribution in [0.25, 0.3) is 0 Å². The van der Waals surface area contributed by atoms with E-state index < -0.39 is 22.5 Å². The number of benzene rings is 3. The molecule has 3 aromatic carbocycles. The van der Waals surface area contributed by atoms with Gasteiger partial charge in [-0.1, -0.05) is 42.8 Å². The van der Waals surface area contributed by atoms with Crippen LogP contribution in [0.2, 0.25) is 0 Å². The Hall–Kier alpha value is -3.12. The minimum atomic E-state index is -4.11. The minimum absolute atomic E-state index is 0.0532. The highest BCUT2D eigenvalue weighted by Crippen LogP contribution is 2.25. The average molecular weight is 438 g/mol. The number of carbonyl (C=O) groups excluding carboxylic acids is 1. The fourth-order valence-electron chi connectivity index (χ4n) is 3.32. The summed E-state index contributed by atoms with van der Waals surface area (Å²) in [5.74, 6) is -0.135. The number of rotatable bonds is 7. The van der Waals surface area contributed by atoms with Gasteiger partial charge in [0.25, 0.3) is 15.9 Å². The van der Waals surface area contributed by atoms with Gasteiger partial charge in [0.2, 0.25) is 0 Å². The molecule has 0 N–H and O–H groups in total. The first-order valence-corrected chi connectivity index (χ1v) is 11.6. The molecule has 0 atom stereocenters. The molecule has 0 aliphatic carbocycles. The number of ether oxygens (including phenoxy) is 1. The normalized spacial score (nSPS) is 11.2. The molecule has 31 heavy (non-hydrogen) atoms. The predicted octanol–water partition coefficient (Wildman–Crippen LogP) is 4.98. The van der Waals surface area contributed by atoms with Gasteiger partial charge >= 0.3 is 0 Å². The number of hydrogen-bond acceptors (Lipinski definition) is 4. The summed E-state index contributed by atoms with van der Waals surface area (Å²) in [6.07, 6.45) is 0.814. The van der Waals surface area contributed by atoms with Crippen LogP contribution < -0.4 is 9.04 Å². The molecule has 0 saturated carbocycles. The summed E-state index contributed by atoms with van der Waals surface area (Å²) < 4.78 is 33.3. The molecule has 0 aromatic heterocycles. The van der Waals surface area contributed by atoms with Gasteiger partial charge in [-0.05, 0) is 80.3 Å². The second kappa shape index (κ2) is 9.35. The van der Waals surface area contributed by atoms with E-state index >= 15 is 0 Å². The van der Waals surface area contributed by atoms with E-state index in [4.69, 9.17) is 4.74 Å². The van der Waals surface area contributed by atoms with E-state index in [1.165, 1.54) is 12.1 Å². The van der Waals surface area contributed by atoms with Crippen LogP contribution in [0.4, 0.5) is 5.69 Å². The van der Waals surface area contributed by atoms with Gasteiger partial charge in [-0.25, -0.2) is 8.42 Å². The quantitative estimate of drug-likeness (QED) is 0.523. The second-order valence-electron chi connectivity index (χ2n) is 7.61. The third kappa shape index (κ3) is 5.33. The zero-order valence-electron chi connectivity index (χ0n) is 18.3. The van der Waals surface area contributed by atoms with Crippen molar-refractivity contribution in [3.8, 4) is 5.75 Å². The second-order valence-corrected chi connectivity index (χ2v) is 9.40. The fraction of sp³-hybridized carbons (Fsp3) is 0.240. The Morgan fingerprint density at radius 2 is 1.42 bits per heavy atom. The van der Waals surface area contributed by atoms with E-state index in [1.807, 2.05) is 58.0 Å². The molecular formula is C25H27NO4S. The summed E-state index contributed by atoms with van der Waals surface area (Å²) in [4.78, 5) is 13.2. The maximum atomic E-state index is 13.4. The van der Waals surface area contributed by atoms with Crippen LogP contribution in [0.1, 0.15) is 29.2 Å². The number of carbonyl (C=O) groups is 1. The Labute approximate surface area is 184 Å². The lowest BCUT2D eigenvalue weighted by molar-refractivity contribution is -0.119. The summed E-state index contributed by atoms with van der Waals surface area (Å²) >= 11 is 0. The zero-order chi connectivity index (χ0) is 22.6. The van der Waals surface area contributed by atoms with Crippen molar-refractivity contribution in [1.82, 2.24) is 0 Å². The van der Waals surface area contributed by atoms with Crippen molar-refractivity contribution < 1.29 is 17.9 Å². The van der Waals surface area contributed by atoms with Crippen LogP contribution in [0.15, 0.2) is 71.6 Å². The molecule has 5 nitrogen and oxygen atoms in total. The van der Waals surface area contributed by atoms with Crippen molar-refractivity contribution in [1.29, 1.82) is 0 Å². The molecule has 0 aliphatic heterocycles. The molecule has 0 heterocycles. The van der Waals surface area contributed by atoms with Crippen molar-refractivity contribution in [2.24, 2.45) is 0 Å². The summed E-state index contributed by atoms with van der Waals surface area (Å²) in [5.41, 5.74) is 4.27. The molecule has 0 saturated heterocycles. The summed E-state index contributed by atoms with van der Waals surface area (Å²) in [6.45, 7) is 7.36. The first-order chi connectivity index (χ1) is 14.7. The monoisotopic (exact) mass is 437 g/mol. The lowest BCUT2D eigenvalue weighted by Crippen LogP contribution is -2.40. The Bertz CT molecular complexity index is 1150. The standard InChI is InChI=1S/C25H27NO4S/c1-5-21-8-10-22(11-9-21)26(31(28,29)24-12-6-18(2)7-13-24)25(27)17-30-23-15-19(3)14-20(4)16-23/h6-16H,5,17H2,1-4H3. The average Bonchev–Trinajstić information content (AvgIpc) is 2.72. The van der Waals surface area contributed by atoms with Gasteiger partial charge in [0.15, 0.2) is 6.61 Å². The number of amides is 1. The van der Waals surface area contributed by atoms with Gasteiger partial charge < -0.3 is 4.74 Å². The highest BCUT2D eigenvalue weighted by molar-refractivity contribution is 7.93. The number of aryl methyl sites for hydroxylation is 4. The van der Waals surface area contributed by atoms with Crippen molar-refractivity contribution in [3.63, 3.8) is 0 Å². The molecule has 1 amide bonds. The van der Waals surface area contributed by atoms with Crippen LogP contribution in [0.5, 0.6) is 5.75 Å². The van der Waals surface area contributed by atoms with Gasteiger partial charge in [0.1, 0.15) is 5.75 Å². The van der Waals surface area contributed by atoms with Gasteiger partial charge in [-0.2, -0.15) is 4.31 Å². The molecule has 3 rings (SSSR count). The predicted molar refractivity (Wildman–Crippen MR) is 123 cm³/mol. The van der Waals surface area contributed by atoms with Crippen LogP contribution >= 0.6 is 0 Å². The van der Waals surface area contributed by atoms with Crippen LogP contribution in [0.3, 0.4) is 0 Å². The first kappa shape index (κ1) is 22.6. The van der Waals surface area contributed by atoms with Crippen molar-refractivity contribution >= 4 is 21.6 Å². The van der Waals surface area contributed by atoms with Gasteiger partial charge in [-0.3, -0.25) is 4.79 Å². The fourth-order valence-corrected chi connectivity index (χ4v) is 4.73. The molecule has 3 aromatic rings. The molecule has 0 radical (unpaired) electrons. The van der Waals surface area contributed by atoms with E-state index in [2.05, 4.69) is 0 Å². The lowest BCUT2D eigenvalue weighted by atomic mass is 10.1. The maximum Gasteiger partial charge on any atom is 0.278 e. The van der Waals surface area contributed by atoms with Gasteiger partial charge in [-0.15, -0.1) is 0 Å². The lowest BCUT2D eigenvalue weighted by Gasteiger charge is -2.23. The van der Waals surface area contributed by atoms with Crippen molar-refractivity contribution in [2.45, 2.75) is 39.0 Å². The van der Waals surface area contributed by atoms with E-state index in [-0.39, 0.29) is 10.6 Å². The Balaban J connectivity index is 1.96. The zero-order valence-corrected chi connectivity index (χ0v) is 19.1. The Morgan fingerprint density at radius 3 is 1.97 bits per heavy atom. The van der Waals surface area contributed by atoms with Crippen LogP contribution in [-0.4, -0.2) is 20.9 Å². The number of sulfonamides is 1. The molecule has 162 valence electrons. The maximum absolute atomic E-state index is 13.4. The molecule has 0 aliphatic rings. The summed E-state index contributed by atoms with van der Waals surface area (Å²) in [6, 6.07) is 19.0. The SMILES string of the molecule is CCc1ccc(N(C(=O)COc2cc(C)cc(C)c2)S(=O)(=O)c2ccc(C)cc2)cc1. The third-order valence-corrected chi connectivity index (χ3v) is 6.69. The van der Waals surface area contributed by atoms with Gasteiger partial charge in [0.05, 0.1) is 10.6 Å². The van der Waals surface area contributed by atoms with E-state index in [9.17, 15) is 13.2 Å². The number of nitrogens with zero attached hydrogens (tertiary/aromatic N) is 1. The summed E-state index contributed by atoms with van der Waals surface area (Å²) in [5, 5.41) is 0. The largest absolute Gasteiger partial charge is 0.484 e. The third-order valence-electron chi connectivity index (χ3n) is 4.92.